The van der Waals surface area contributed by atoms with Crippen LogP contribution in [0.25, 0.3) is 22.6 Å². The Hall–Kier alpha value is -2.53. The van der Waals surface area contributed by atoms with Gasteiger partial charge in [-0.15, -0.1) is 0 Å². The first kappa shape index (κ1) is 18.8. The fourth-order valence-corrected chi connectivity index (χ4v) is 3.66. The summed E-state index contributed by atoms with van der Waals surface area (Å²) >= 11 is 18.4. The molecule has 0 unspecified atom stereocenters. The van der Waals surface area contributed by atoms with E-state index in [2.05, 4.69) is 10.3 Å². The topological polar surface area (TPSA) is 55.1 Å². The Morgan fingerprint density at radius 1 is 1.00 bits per heavy atom. The van der Waals surface area contributed by atoms with Gasteiger partial charge in [0, 0.05) is 16.3 Å². The molecular weight excluding hydrogens is 419 g/mol. The van der Waals surface area contributed by atoms with Gasteiger partial charge in [0.1, 0.15) is 5.52 Å². The Bertz CT molecular complexity index is 1220. The zero-order valence-electron chi connectivity index (χ0n) is 14.6. The number of aryl methyl sites for hydroxylation is 1. The number of halogens is 3. The van der Waals surface area contributed by atoms with Crippen molar-refractivity contribution in [2.75, 3.05) is 5.32 Å². The van der Waals surface area contributed by atoms with Crippen LogP contribution in [0.5, 0.6) is 0 Å². The van der Waals surface area contributed by atoms with Gasteiger partial charge in [-0.2, -0.15) is 0 Å². The summed E-state index contributed by atoms with van der Waals surface area (Å²) in [6.45, 7) is 1.91. The molecule has 0 aliphatic carbocycles. The van der Waals surface area contributed by atoms with E-state index in [0.29, 0.717) is 48.9 Å². The van der Waals surface area contributed by atoms with Gasteiger partial charge in [-0.3, -0.25) is 4.79 Å². The zero-order chi connectivity index (χ0) is 19.8. The molecule has 7 heteroatoms. The first-order valence-electron chi connectivity index (χ1n) is 8.34. The first-order valence-corrected chi connectivity index (χ1v) is 9.47. The maximum Gasteiger partial charge on any atom is 0.257 e. The lowest BCUT2D eigenvalue weighted by Gasteiger charge is -2.08. The second-order valence-electron chi connectivity index (χ2n) is 6.27. The van der Waals surface area contributed by atoms with Crippen LogP contribution in [0.4, 0.5) is 5.69 Å². The molecule has 0 spiro atoms. The van der Waals surface area contributed by atoms with Crippen LogP contribution in [-0.2, 0) is 0 Å². The van der Waals surface area contributed by atoms with Crippen molar-refractivity contribution in [3.63, 3.8) is 0 Å². The fourth-order valence-electron chi connectivity index (χ4n) is 2.82. The highest BCUT2D eigenvalue weighted by Crippen LogP contribution is 2.32. The summed E-state index contributed by atoms with van der Waals surface area (Å²) < 4.78 is 5.78. The average Bonchev–Trinajstić information content (AvgIpc) is 3.06. The summed E-state index contributed by atoms with van der Waals surface area (Å²) in [4.78, 5) is 17.0. The Labute approximate surface area is 176 Å². The van der Waals surface area contributed by atoms with E-state index < -0.39 is 0 Å². The minimum absolute atomic E-state index is 0.297. The molecule has 0 aliphatic rings. The number of carbonyl (C=O) groups excluding carboxylic acids is 1. The number of nitrogens with one attached hydrogen (secondary N) is 1. The summed E-state index contributed by atoms with van der Waals surface area (Å²) in [5.41, 5.74) is 3.69. The van der Waals surface area contributed by atoms with Gasteiger partial charge in [0.2, 0.25) is 5.89 Å². The number of aromatic nitrogens is 1. The van der Waals surface area contributed by atoms with Crippen molar-refractivity contribution in [1.29, 1.82) is 0 Å². The second kappa shape index (κ2) is 7.47. The molecule has 0 atom stereocenters. The Morgan fingerprint density at radius 3 is 2.61 bits per heavy atom. The Morgan fingerprint density at radius 2 is 1.82 bits per heavy atom. The first-order chi connectivity index (χ1) is 13.4. The van der Waals surface area contributed by atoms with E-state index in [4.69, 9.17) is 39.2 Å². The van der Waals surface area contributed by atoms with Crippen LogP contribution in [0.1, 0.15) is 15.9 Å². The molecule has 0 bridgehead atoms. The lowest BCUT2D eigenvalue weighted by atomic mass is 10.1. The van der Waals surface area contributed by atoms with Crippen molar-refractivity contribution >= 4 is 57.5 Å². The molecule has 4 rings (SSSR count). The summed E-state index contributed by atoms with van der Waals surface area (Å²) in [7, 11) is 0. The summed E-state index contributed by atoms with van der Waals surface area (Å²) in [5, 5.41) is 4.11. The Balaban J connectivity index is 1.65. The normalized spacial score (nSPS) is 11.0. The molecule has 1 amide bonds. The number of oxazole rings is 1. The van der Waals surface area contributed by atoms with Gasteiger partial charge in [0.25, 0.3) is 5.91 Å². The average molecular weight is 432 g/mol. The molecular formula is C21H13Cl3N2O2. The molecule has 4 nitrogen and oxygen atoms in total. The number of anilines is 1. The molecule has 28 heavy (non-hydrogen) atoms. The van der Waals surface area contributed by atoms with Gasteiger partial charge < -0.3 is 9.73 Å². The van der Waals surface area contributed by atoms with Gasteiger partial charge >= 0.3 is 0 Å². The number of amides is 1. The standard InChI is InChI=1S/C21H13Cl3N2O2/c1-11-5-6-15(16(23)7-11)20(27)25-14-4-2-3-12(8-14)21-26-18-10-13(22)9-17(24)19(18)28-21/h2-10H,1H3,(H,25,27). The summed E-state index contributed by atoms with van der Waals surface area (Å²) in [5.74, 6) is 0.0816. The van der Waals surface area contributed by atoms with Crippen LogP contribution in [0.15, 0.2) is 59.0 Å². The van der Waals surface area contributed by atoms with E-state index in [1.807, 2.05) is 19.1 Å². The van der Waals surface area contributed by atoms with Gasteiger partial charge in [0.05, 0.1) is 15.6 Å². The van der Waals surface area contributed by atoms with E-state index in [0.717, 1.165) is 5.56 Å². The third-order valence-corrected chi connectivity index (χ3v) is 4.96. The van der Waals surface area contributed by atoms with E-state index >= 15 is 0 Å². The highest BCUT2D eigenvalue weighted by molar-refractivity contribution is 6.38. The van der Waals surface area contributed by atoms with Gasteiger partial charge in [-0.05, 0) is 55.0 Å². The number of fused-ring (bicyclic) bond motifs is 1. The van der Waals surface area contributed by atoms with Crippen LogP contribution < -0.4 is 5.32 Å². The van der Waals surface area contributed by atoms with Crippen molar-refractivity contribution in [2.24, 2.45) is 0 Å². The lowest BCUT2D eigenvalue weighted by Crippen LogP contribution is -2.12. The monoisotopic (exact) mass is 430 g/mol. The van der Waals surface area contributed by atoms with Crippen molar-refractivity contribution < 1.29 is 9.21 Å². The van der Waals surface area contributed by atoms with Crippen LogP contribution >= 0.6 is 34.8 Å². The van der Waals surface area contributed by atoms with Gasteiger partial charge in [0.15, 0.2) is 5.58 Å². The van der Waals surface area contributed by atoms with Crippen LogP contribution in [0.2, 0.25) is 15.1 Å². The molecule has 0 fully saturated rings. The largest absolute Gasteiger partial charge is 0.435 e. The molecule has 0 saturated carbocycles. The van der Waals surface area contributed by atoms with E-state index in [1.165, 1.54) is 0 Å². The number of hydrogen-bond donors (Lipinski definition) is 1. The second-order valence-corrected chi connectivity index (χ2v) is 7.52. The van der Waals surface area contributed by atoms with Crippen molar-refractivity contribution in [3.05, 3.63) is 80.8 Å². The number of carbonyl (C=O) groups is 1. The molecule has 4 aromatic rings. The maximum atomic E-state index is 12.6. The maximum absolute atomic E-state index is 12.6. The van der Waals surface area contributed by atoms with E-state index in [-0.39, 0.29) is 5.91 Å². The number of benzene rings is 3. The highest BCUT2D eigenvalue weighted by Gasteiger charge is 2.14. The molecule has 0 aliphatic heterocycles. The quantitative estimate of drug-likeness (QED) is 0.379. The smallest absolute Gasteiger partial charge is 0.257 e. The third kappa shape index (κ3) is 3.72. The molecule has 1 aromatic heterocycles. The van der Waals surface area contributed by atoms with Crippen molar-refractivity contribution in [3.8, 4) is 11.5 Å². The fraction of sp³-hybridized carbons (Fsp3) is 0.0476. The Kier molecular flexibility index (Phi) is 5.02. The minimum atomic E-state index is -0.297. The lowest BCUT2D eigenvalue weighted by molar-refractivity contribution is 0.102. The predicted molar refractivity (Wildman–Crippen MR) is 114 cm³/mol. The summed E-state index contributed by atoms with van der Waals surface area (Å²) in [6.07, 6.45) is 0. The number of hydrogen-bond acceptors (Lipinski definition) is 3. The molecule has 1 N–H and O–H groups in total. The molecule has 0 saturated heterocycles. The highest BCUT2D eigenvalue weighted by atomic mass is 35.5. The number of rotatable bonds is 3. The van der Waals surface area contributed by atoms with Gasteiger partial charge in [-0.25, -0.2) is 4.98 Å². The van der Waals surface area contributed by atoms with Crippen molar-refractivity contribution in [1.82, 2.24) is 4.98 Å². The van der Waals surface area contributed by atoms with Crippen LogP contribution in [0, 0.1) is 6.92 Å². The number of nitrogens with zero attached hydrogens (tertiary/aromatic N) is 1. The van der Waals surface area contributed by atoms with E-state index in [9.17, 15) is 4.79 Å². The molecule has 0 radical (unpaired) electrons. The molecule has 140 valence electrons. The summed E-state index contributed by atoms with van der Waals surface area (Å²) in [6, 6.07) is 15.7. The predicted octanol–water partition coefficient (Wildman–Crippen LogP) is 7.02. The molecule has 1 heterocycles. The minimum Gasteiger partial charge on any atom is -0.435 e. The van der Waals surface area contributed by atoms with Crippen LogP contribution in [-0.4, -0.2) is 10.9 Å². The van der Waals surface area contributed by atoms with Gasteiger partial charge in [-0.1, -0.05) is 46.9 Å². The van der Waals surface area contributed by atoms with Crippen LogP contribution in [0.3, 0.4) is 0 Å². The van der Waals surface area contributed by atoms with E-state index in [1.54, 1.807) is 42.5 Å². The third-order valence-electron chi connectivity index (χ3n) is 4.15. The van der Waals surface area contributed by atoms with Crippen molar-refractivity contribution in [2.45, 2.75) is 6.92 Å². The molecule has 3 aromatic carbocycles. The SMILES string of the molecule is Cc1ccc(C(=O)Nc2cccc(-c3nc4cc(Cl)cc(Cl)c4o3)c2)c(Cl)c1. The zero-order valence-corrected chi connectivity index (χ0v) is 16.9.